The number of imidazole rings is 2. The summed E-state index contributed by atoms with van der Waals surface area (Å²) in [6, 6.07) is 24.9. The molecule has 0 unspecified atom stereocenters. The summed E-state index contributed by atoms with van der Waals surface area (Å²) < 4.78 is 3.06. The van der Waals surface area contributed by atoms with E-state index in [1.165, 1.54) is 4.57 Å². The second kappa shape index (κ2) is 8.19. The van der Waals surface area contributed by atoms with Gasteiger partial charge >= 0.3 is 5.69 Å². The summed E-state index contributed by atoms with van der Waals surface area (Å²) in [5, 5.41) is 3.09. The number of nitrogens with zero attached hydrogens (tertiary/aromatic N) is 3. The molecule has 0 fully saturated rings. The fourth-order valence-electron chi connectivity index (χ4n) is 4.10. The highest BCUT2D eigenvalue weighted by Gasteiger charge is 2.21. The van der Waals surface area contributed by atoms with Crippen molar-refractivity contribution in [2.75, 3.05) is 0 Å². The van der Waals surface area contributed by atoms with Crippen LogP contribution in [0, 0.1) is 0 Å². The number of hydrogen-bond acceptors (Lipinski definition) is 3. The first-order chi connectivity index (χ1) is 15.6. The van der Waals surface area contributed by atoms with E-state index >= 15 is 0 Å². The SMILES string of the molecule is Cn1c(=O)n(CC(=O)N[C@@H](Cc2ccccc2)c2nc3ccccc3[nH]2)c2ccccc21. The Morgan fingerprint density at radius 2 is 1.66 bits per heavy atom. The zero-order chi connectivity index (χ0) is 22.1. The Labute approximate surface area is 184 Å². The number of aryl methyl sites for hydroxylation is 1. The number of nitrogens with one attached hydrogen (secondary N) is 2. The molecule has 0 radical (unpaired) electrons. The number of fused-ring (bicyclic) bond motifs is 2. The summed E-state index contributed by atoms with van der Waals surface area (Å²) in [5.41, 5.74) is 4.16. The van der Waals surface area contributed by atoms with Gasteiger partial charge in [-0.05, 0) is 36.2 Å². The molecule has 5 rings (SSSR count). The number of aromatic nitrogens is 4. The predicted octanol–water partition coefficient (Wildman–Crippen LogP) is 3.32. The molecule has 7 nitrogen and oxygen atoms in total. The maximum absolute atomic E-state index is 13.1. The van der Waals surface area contributed by atoms with Crippen molar-refractivity contribution < 1.29 is 4.79 Å². The van der Waals surface area contributed by atoms with Gasteiger partial charge in [0.2, 0.25) is 5.91 Å². The molecule has 2 aromatic heterocycles. The molecule has 3 aromatic carbocycles. The molecule has 32 heavy (non-hydrogen) atoms. The topological polar surface area (TPSA) is 84.7 Å². The highest BCUT2D eigenvalue weighted by atomic mass is 16.2. The quantitative estimate of drug-likeness (QED) is 0.438. The third kappa shape index (κ3) is 3.69. The zero-order valence-corrected chi connectivity index (χ0v) is 17.7. The Kier molecular flexibility index (Phi) is 5.07. The number of hydrogen-bond donors (Lipinski definition) is 2. The van der Waals surface area contributed by atoms with Gasteiger partial charge in [0, 0.05) is 7.05 Å². The van der Waals surface area contributed by atoms with Crippen molar-refractivity contribution >= 4 is 28.0 Å². The fourth-order valence-corrected chi connectivity index (χ4v) is 4.10. The van der Waals surface area contributed by atoms with E-state index in [2.05, 4.69) is 10.3 Å². The maximum atomic E-state index is 13.1. The molecule has 0 bridgehead atoms. The Hall–Kier alpha value is -4.13. The van der Waals surface area contributed by atoms with E-state index in [4.69, 9.17) is 4.98 Å². The van der Waals surface area contributed by atoms with Crippen LogP contribution >= 0.6 is 0 Å². The first-order valence-electron chi connectivity index (χ1n) is 10.5. The van der Waals surface area contributed by atoms with E-state index in [0.717, 1.165) is 27.6 Å². The molecule has 2 heterocycles. The van der Waals surface area contributed by atoms with Crippen molar-refractivity contribution in [1.29, 1.82) is 0 Å². The highest BCUT2D eigenvalue weighted by molar-refractivity contribution is 5.81. The summed E-state index contributed by atoms with van der Waals surface area (Å²) in [5.74, 6) is 0.443. The van der Waals surface area contributed by atoms with Gasteiger partial charge in [0.05, 0.1) is 28.1 Å². The molecule has 1 amide bonds. The Bertz CT molecular complexity index is 1430. The van der Waals surface area contributed by atoms with Crippen molar-refractivity contribution in [1.82, 2.24) is 24.4 Å². The number of para-hydroxylation sites is 4. The van der Waals surface area contributed by atoms with Gasteiger partial charge in [0.1, 0.15) is 12.4 Å². The van der Waals surface area contributed by atoms with E-state index in [1.807, 2.05) is 78.9 Å². The van der Waals surface area contributed by atoms with Gasteiger partial charge < -0.3 is 10.3 Å². The molecule has 1 atom stereocenters. The van der Waals surface area contributed by atoms with Crippen molar-refractivity contribution in [3.63, 3.8) is 0 Å². The number of rotatable bonds is 6. The van der Waals surface area contributed by atoms with Gasteiger partial charge in [-0.25, -0.2) is 9.78 Å². The van der Waals surface area contributed by atoms with Crippen molar-refractivity contribution in [3.8, 4) is 0 Å². The van der Waals surface area contributed by atoms with Gasteiger partial charge in [-0.2, -0.15) is 0 Å². The minimum Gasteiger partial charge on any atom is -0.344 e. The molecular weight excluding hydrogens is 402 g/mol. The smallest absolute Gasteiger partial charge is 0.329 e. The highest BCUT2D eigenvalue weighted by Crippen LogP contribution is 2.20. The van der Waals surface area contributed by atoms with E-state index < -0.39 is 0 Å². The summed E-state index contributed by atoms with van der Waals surface area (Å²) in [7, 11) is 1.71. The van der Waals surface area contributed by atoms with Crippen LogP contribution in [-0.4, -0.2) is 25.0 Å². The average Bonchev–Trinajstić information content (AvgIpc) is 3.35. The lowest BCUT2D eigenvalue weighted by Crippen LogP contribution is -2.36. The van der Waals surface area contributed by atoms with Crippen LogP contribution in [0.2, 0.25) is 0 Å². The monoisotopic (exact) mass is 425 g/mol. The molecule has 5 aromatic rings. The number of carbonyl (C=O) groups is 1. The summed E-state index contributed by atoms with van der Waals surface area (Å²) >= 11 is 0. The van der Waals surface area contributed by atoms with Crippen molar-refractivity contribution in [2.45, 2.75) is 19.0 Å². The lowest BCUT2D eigenvalue weighted by Gasteiger charge is -2.17. The lowest BCUT2D eigenvalue weighted by molar-refractivity contribution is -0.122. The van der Waals surface area contributed by atoms with Crippen molar-refractivity contribution in [2.24, 2.45) is 7.05 Å². The summed E-state index contributed by atoms with van der Waals surface area (Å²) in [6.07, 6.45) is 0.580. The van der Waals surface area contributed by atoms with Gasteiger partial charge in [-0.15, -0.1) is 0 Å². The number of amides is 1. The summed E-state index contributed by atoms with van der Waals surface area (Å²) in [6.45, 7) is -0.0638. The Balaban J connectivity index is 1.45. The van der Waals surface area contributed by atoms with Crippen molar-refractivity contribution in [3.05, 3.63) is 101 Å². The van der Waals surface area contributed by atoms with Gasteiger partial charge in [0.25, 0.3) is 0 Å². The molecular formula is C25H23N5O2. The van der Waals surface area contributed by atoms with Crippen LogP contribution in [0.3, 0.4) is 0 Å². The average molecular weight is 425 g/mol. The molecule has 7 heteroatoms. The molecule has 2 N–H and O–H groups in total. The van der Waals surface area contributed by atoms with Crippen LogP contribution in [0.15, 0.2) is 83.7 Å². The summed E-state index contributed by atoms with van der Waals surface area (Å²) in [4.78, 5) is 33.8. The van der Waals surface area contributed by atoms with E-state index in [1.54, 1.807) is 11.6 Å². The maximum Gasteiger partial charge on any atom is 0.329 e. The third-order valence-corrected chi connectivity index (χ3v) is 5.71. The number of H-pyrrole nitrogens is 1. The zero-order valence-electron chi connectivity index (χ0n) is 17.7. The number of aromatic amines is 1. The fraction of sp³-hybridized carbons (Fsp3) is 0.160. The molecule has 0 saturated carbocycles. The first kappa shape index (κ1) is 19.8. The van der Waals surface area contributed by atoms with E-state index in [-0.39, 0.29) is 24.2 Å². The molecule has 0 saturated heterocycles. The normalized spacial score (nSPS) is 12.3. The minimum absolute atomic E-state index is 0.0638. The Morgan fingerprint density at radius 3 is 2.44 bits per heavy atom. The Morgan fingerprint density at radius 1 is 0.969 bits per heavy atom. The molecule has 0 aliphatic carbocycles. The molecule has 160 valence electrons. The first-order valence-corrected chi connectivity index (χ1v) is 10.5. The van der Waals surface area contributed by atoms with Crippen LogP contribution in [0.4, 0.5) is 0 Å². The predicted molar refractivity (Wildman–Crippen MR) is 124 cm³/mol. The third-order valence-electron chi connectivity index (χ3n) is 5.71. The van der Waals surface area contributed by atoms with Gasteiger partial charge in [0.15, 0.2) is 0 Å². The van der Waals surface area contributed by atoms with E-state index in [9.17, 15) is 9.59 Å². The molecule has 0 spiro atoms. The van der Waals surface area contributed by atoms with Crippen LogP contribution < -0.4 is 11.0 Å². The minimum atomic E-state index is -0.358. The van der Waals surface area contributed by atoms with Crippen LogP contribution in [0.5, 0.6) is 0 Å². The van der Waals surface area contributed by atoms with Crippen LogP contribution in [-0.2, 0) is 24.8 Å². The molecule has 0 aliphatic rings. The van der Waals surface area contributed by atoms with Gasteiger partial charge in [-0.1, -0.05) is 54.6 Å². The van der Waals surface area contributed by atoms with Crippen LogP contribution in [0.25, 0.3) is 22.1 Å². The number of carbonyl (C=O) groups excluding carboxylic acids is 1. The molecule has 0 aliphatic heterocycles. The number of benzene rings is 3. The second-order valence-electron chi connectivity index (χ2n) is 7.87. The standard InChI is InChI=1S/C25H23N5O2/c1-29-21-13-7-8-14-22(21)30(25(29)32)16-23(31)26-20(15-17-9-3-2-4-10-17)24-27-18-11-5-6-12-19(18)28-24/h2-14,20H,15-16H2,1H3,(H,26,31)(H,27,28)/t20-/m0/s1. The largest absolute Gasteiger partial charge is 0.344 e. The van der Waals surface area contributed by atoms with Crippen LogP contribution in [0.1, 0.15) is 17.4 Å². The lowest BCUT2D eigenvalue weighted by atomic mass is 10.1. The second-order valence-corrected chi connectivity index (χ2v) is 7.87. The van der Waals surface area contributed by atoms with E-state index in [0.29, 0.717) is 12.2 Å². The van der Waals surface area contributed by atoms with Gasteiger partial charge in [-0.3, -0.25) is 13.9 Å².